The van der Waals surface area contributed by atoms with Gasteiger partial charge in [0.15, 0.2) is 6.20 Å². The Bertz CT molecular complexity index is 1830. The summed E-state index contributed by atoms with van der Waals surface area (Å²) >= 11 is 0. The molecule has 0 heterocycles. The summed E-state index contributed by atoms with van der Waals surface area (Å²) < 4.78 is 0. The van der Waals surface area contributed by atoms with Gasteiger partial charge in [0, 0.05) is 34.1 Å². The monoisotopic (exact) mass is 558 g/mol. The van der Waals surface area contributed by atoms with E-state index in [2.05, 4.69) is 51.0 Å². The zero-order chi connectivity index (χ0) is 30.0. The molecule has 206 valence electrons. The molecule has 0 aliphatic rings. The molecular formula is C37H26N4O2. The Morgan fingerprint density at radius 3 is 1.37 bits per heavy atom. The molecule has 0 unspecified atom stereocenters. The molecule has 0 spiro atoms. The number of nitrogens with zero attached hydrogens (tertiary/aromatic N) is 4. The minimum atomic E-state index is -1.25. The number of rotatable bonds is 9. The average molecular weight is 559 g/mol. The topological polar surface area (TPSA) is 71.9 Å². The van der Waals surface area contributed by atoms with Crippen LogP contribution in [-0.2, 0) is 4.79 Å². The molecule has 0 amide bonds. The molecule has 0 fully saturated rings. The third-order valence-corrected chi connectivity index (χ3v) is 6.70. The number of benzene rings is 5. The normalized spacial score (nSPS) is 11.0. The van der Waals surface area contributed by atoms with Crippen LogP contribution in [0.15, 0.2) is 145 Å². The molecule has 6 nitrogen and oxygen atoms in total. The second-order valence-corrected chi connectivity index (χ2v) is 9.46. The van der Waals surface area contributed by atoms with Gasteiger partial charge in [0.05, 0.1) is 6.57 Å². The second kappa shape index (κ2) is 13.3. The van der Waals surface area contributed by atoms with Crippen LogP contribution in [0.2, 0.25) is 0 Å². The molecule has 0 aliphatic carbocycles. The fraction of sp³-hybridized carbons (Fsp3) is 0. The van der Waals surface area contributed by atoms with E-state index in [0.717, 1.165) is 39.7 Å². The number of aliphatic carboxylic acids is 1. The van der Waals surface area contributed by atoms with Gasteiger partial charge in [-0.15, -0.1) is 0 Å². The number of hydrogen-bond donors (Lipinski definition) is 1. The van der Waals surface area contributed by atoms with Crippen LogP contribution >= 0.6 is 0 Å². The van der Waals surface area contributed by atoms with E-state index in [4.69, 9.17) is 11.8 Å². The van der Waals surface area contributed by atoms with E-state index in [0.29, 0.717) is 5.56 Å². The summed E-state index contributed by atoms with van der Waals surface area (Å²) in [5, 5.41) is 18.3. The highest BCUT2D eigenvalue weighted by Gasteiger charge is 2.16. The van der Waals surface area contributed by atoms with Crippen molar-refractivity contribution in [1.82, 2.24) is 0 Å². The van der Waals surface area contributed by atoms with Gasteiger partial charge in [-0.1, -0.05) is 66.7 Å². The molecule has 5 aromatic rings. The van der Waals surface area contributed by atoms with E-state index in [1.807, 2.05) is 84.9 Å². The van der Waals surface area contributed by atoms with Crippen molar-refractivity contribution in [3.8, 4) is 6.07 Å². The Labute approximate surface area is 250 Å². The van der Waals surface area contributed by atoms with Gasteiger partial charge in [-0.25, -0.2) is 9.64 Å². The van der Waals surface area contributed by atoms with Crippen molar-refractivity contribution in [3.63, 3.8) is 0 Å². The zero-order valence-electron chi connectivity index (χ0n) is 23.1. The largest absolute Gasteiger partial charge is 0.477 e. The van der Waals surface area contributed by atoms with E-state index >= 15 is 0 Å². The molecule has 0 saturated carbocycles. The van der Waals surface area contributed by atoms with Crippen molar-refractivity contribution in [1.29, 1.82) is 5.26 Å². The standard InChI is InChI=1S/C37H26N4O2/c1-39-25-24-28-12-16-33(17-13-28)40(31-8-4-2-5-9-31)35-20-22-36(23-21-35)41(32-10-6-3-7-11-32)34-18-14-29(15-19-34)26-30(27-38)37(42)43/h2-26H,(H,42,43)/b25-24+,30-26+. The minimum absolute atomic E-state index is 0.319. The van der Waals surface area contributed by atoms with Crippen molar-refractivity contribution in [3.05, 3.63) is 168 Å². The van der Waals surface area contributed by atoms with Crippen molar-refractivity contribution in [2.24, 2.45) is 0 Å². The van der Waals surface area contributed by atoms with E-state index in [-0.39, 0.29) is 5.57 Å². The summed E-state index contributed by atoms with van der Waals surface area (Å²) in [5.74, 6) is -1.25. The lowest BCUT2D eigenvalue weighted by Crippen LogP contribution is -2.12. The SMILES string of the molecule is [C-]#[N+]/C=C/c1ccc(N(c2ccccc2)c2ccc(N(c3ccccc3)c3ccc(/C=C(\C#N)C(=O)O)cc3)cc2)cc1. The summed E-state index contributed by atoms with van der Waals surface area (Å²) in [4.78, 5) is 18.9. The average Bonchev–Trinajstić information content (AvgIpc) is 3.06. The Morgan fingerprint density at radius 2 is 1.00 bits per heavy atom. The molecule has 5 aromatic carbocycles. The first-order valence-electron chi connectivity index (χ1n) is 13.5. The lowest BCUT2D eigenvalue weighted by Gasteiger charge is -2.28. The first-order valence-corrected chi connectivity index (χ1v) is 13.5. The predicted octanol–water partition coefficient (Wildman–Crippen LogP) is 9.51. The number of carboxylic acids is 1. The van der Waals surface area contributed by atoms with Crippen LogP contribution in [0.1, 0.15) is 11.1 Å². The van der Waals surface area contributed by atoms with Gasteiger partial charge in [0.1, 0.15) is 11.6 Å². The highest BCUT2D eigenvalue weighted by molar-refractivity contribution is 5.96. The predicted molar refractivity (Wildman–Crippen MR) is 173 cm³/mol. The fourth-order valence-corrected chi connectivity index (χ4v) is 4.69. The smallest absolute Gasteiger partial charge is 0.346 e. The highest BCUT2D eigenvalue weighted by atomic mass is 16.4. The molecule has 43 heavy (non-hydrogen) atoms. The number of anilines is 6. The van der Waals surface area contributed by atoms with E-state index < -0.39 is 5.97 Å². The Balaban J connectivity index is 1.52. The quantitative estimate of drug-likeness (QED) is 0.111. The first kappa shape index (κ1) is 28.2. The van der Waals surface area contributed by atoms with E-state index in [1.165, 1.54) is 12.3 Å². The Kier molecular flexibility index (Phi) is 8.73. The number of hydrogen-bond acceptors (Lipinski definition) is 4. The third kappa shape index (κ3) is 6.69. The van der Waals surface area contributed by atoms with Crippen molar-refractivity contribution in [2.75, 3.05) is 9.80 Å². The molecule has 0 saturated heterocycles. The lowest BCUT2D eigenvalue weighted by atomic mass is 10.1. The van der Waals surface area contributed by atoms with Gasteiger partial charge in [-0.2, -0.15) is 5.26 Å². The zero-order valence-corrected chi connectivity index (χ0v) is 23.1. The minimum Gasteiger partial charge on any atom is -0.477 e. The third-order valence-electron chi connectivity index (χ3n) is 6.70. The van der Waals surface area contributed by atoms with Crippen molar-refractivity contribution >= 4 is 52.2 Å². The van der Waals surface area contributed by atoms with Crippen LogP contribution in [0.4, 0.5) is 34.1 Å². The van der Waals surface area contributed by atoms with Crippen LogP contribution in [0.25, 0.3) is 17.0 Å². The van der Waals surface area contributed by atoms with E-state index in [1.54, 1.807) is 24.3 Å². The highest BCUT2D eigenvalue weighted by Crippen LogP contribution is 2.39. The fourth-order valence-electron chi connectivity index (χ4n) is 4.69. The van der Waals surface area contributed by atoms with Crippen LogP contribution < -0.4 is 9.80 Å². The van der Waals surface area contributed by atoms with Gasteiger partial charge < -0.3 is 14.9 Å². The lowest BCUT2D eigenvalue weighted by molar-refractivity contribution is -0.132. The van der Waals surface area contributed by atoms with E-state index in [9.17, 15) is 9.90 Å². The number of carbonyl (C=O) groups is 1. The Morgan fingerprint density at radius 1 is 0.628 bits per heavy atom. The molecular weight excluding hydrogens is 532 g/mol. The number of carboxylic acid groups (broad SMARTS) is 1. The van der Waals surface area contributed by atoms with Crippen LogP contribution in [-0.4, -0.2) is 11.1 Å². The summed E-state index contributed by atoms with van der Waals surface area (Å²) in [7, 11) is 0. The molecule has 5 rings (SSSR count). The van der Waals surface area contributed by atoms with Gasteiger partial charge in [-0.05, 0) is 90.0 Å². The Hall–Kier alpha value is -6.37. The molecule has 0 radical (unpaired) electrons. The molecule has 0 aliphatic heterocycles. The van der Waals surface area contributed by atoms with Crippen LogP contribution in [0, 0.1) is 17.9 Å². The molecule has 1 N–H and O–H groups in total. The summed E-state index contributed by atoms with van der Waals surface area (Å²) in [6.07, 6.45) is 4.60. The summed E-state index contributed by atoms with van der Waals surface area (Å²) in [5.41, 5.74) is 7.02. The molecule has 6 heteroatoms. The number of nitriles is 1. The van der Waals surface area contributed by atoms with Gasteiger partial charge in [0.2, 0.25) is 0 Å². The molecule has 0 atom stereocenters. The van der Waals surface area contributed by atoms with Gasteiger partial charge in [-0.3, -0.25) is 0 Å². The van der Waals surface area contributed by atoms with Gasteiger partial charge in [0.25, 0.3) is 0 Å². The maximum absolute atomic E-state index is 11.3. The summed E-state index contributed by atoms with van der Waals surface area (Å²) in [6.45, 7) is 6.99. The van der Waals surface area contributed by atoms with Crippen LogP contribution in [0.5, 0.6) is 0 Å². The summed E-state index contributed by atoms with van der Waals surface area (Å²) in [6, 6.07) is 45.6. The maximum atomic E-state index is 11.3. The van der Waals surface area contributed by atoms with Crippen molar-refractivity contribution in [2.45, 2.75) is 0 Å². The van der Waals surface area contributed by atoms with Crippen molar-refractivity contribution < 1.29 is 9.90 Å². The maximum Gasteiger partial charge on any atom is 0.346 e. The molecule has 0 bridgehead atoms. The van der Waals surface area contributed by atoms with Gasteiger partial charge >= 0.3 is 5.97 Å². The molecule has 0 aromatic heterocycles. The first-order chi connectivity index (χ1) is 21.1. The second-order valence-electron chi connectivity index (χ2n) is 9.46. The van der Waals surface area contributed by atoms with Crippen LogP contribution in [0.3, 0.4) is 0 Å². The number of para-hydroxylation sites is 2.